The lowest BCUT2D eigenvalue weighted by molar-refractivity contribution is 0.145. The summed E-state index contributed by atoms with van der Waals surface area (Å²) in [6.07, 6.45) is 2.90. The van der Waals surface area contributed by atoms with Crippen LogP contribution in [-0.4, -0.2) is 14.0 Å². The van der Waals surface area contributed by atoms with Gasteiger partial charge in [-0.15, -0.1) is 0 Å². The van der Waals surface area contributed by atoms with E-state index in [1.807, 2.05) is 6.92 Å². The molecule has 56 valence electrons. The van der Waals surface area contributed by atoms with Gasteiger partial charge in [-0.1, -0.05) is 19.7 Å². The summed E-state index contributed by atoms with van der Waals surface area (Å²) >= 11 is 0. The smallest absolute Gasteiger partial charge is 0.103 e. The van der Waals surface area contributed by atoms with E-state index in [1.54, 1.807) is 0 Å². The molecule has 0 heterocycles. The third-order valence-electron chi connectivity index (χ3n) is 2.54. The molecular formula is C8H14BF. The molecule has 2 heteroatoms. The van der Waals surface area contributed by atoms with E-state index in [0.29, 0.717) is 18.7 Å². The van der Waals surface area contributed by atoms with Crippen molar-refractivity contribution in [2.45, 2.75) is 38.7 Å². The van der Waals surface area contributed by atoms with Crippen molar-refractivity contribution >= 4 is 7.85 Å². The van der Waals surface area contributed by atoms with Gasteiger partial charge >= 0.3 is 0 Å². The molecule has 0 aromatic rings. The average Bonchev–Trinajstić information content (AvgIpc) is 1.95. The molecule has 0 saturated heterocycles. The average molecular weight is 140 g/mol. The maximum atomic E-state index is 13.0. The molecule has 0 spiro atoms. The SMILES string of the molecule is [B]C[C@@H]1CCC(C)C(F)C1. The van der Waals surface area contributed by atoms with Crippen LogP contribution in [0.25, 0.3) is 0 Å². The van der Waals surface area contributed by atoms with E-state index in [1.165, 1.54) is 0 Å². The number of hydrogen-bond acceptors (Lipinski definition) is 0. The van der Waals surface area contributed by atoms with E-state index in [0.717, 1.165) is 12.8 Å². The van der Waals surface area contributed by atoms with E-state index < -0.39 is 6.17 Å². The Balaban J connectivity index is 2.33. The Bertz CT molecular complexity index is 105. The van der Waals surface area contributed by atoms with Crippen LogP contribution in [0.3, 0.4) is 0 Å². The number of alkyl halides is 1. The molecule has 10 heavy (non-hydrogen) atoms. The fourth-order valence-corrected chi connectivity index (χ4v) is 1.56. The van der Waals surface area contributed by atoms with Crippen molar-refractivity contribution in [2.24, 2.45) is 11.8 Å². The Hall–Kier alpha value is -0.00506. The second-order valence-electron chi connectivity index (χ2n) is 3.41. The minimum Gasteiger partial charge on any atom is -0.247 e. The van der Waals surface area contributed by atoms with E-state index >= 15 is 0 Å². The molecule has 0 aliphatic heterocycles. The van der Waals surface area contributed by atoms with Gasteiger partial charge in [-0.25, -0.2) is 4.39 Å². The minimum absolute atomic E-state index is 0.266. The molecule has 2 radical (unpaired) electrons. The Morgan fingerprint density at radius 3 is 2.70 bits per heavy atom. The largest absolute Gasteiger partial charge is 0.247 e. The van der Waals surface area contributed by atoms with Crippen LogP contribution in [0.15, 0.2) is 0 Å². The van der Waals surface area contributed by atoms with Gasteiger partial charge in [0.05, 0.1) is 7.85 Å². The standard InChI is InChI=1S/C8H14BF/c1-6-2-3-7(5-9)4-8(6)10/h6-8H,2-5H2,1H3/t6?,7-,8?/m1/s1. The molecule has 0 aromatic carbocycles. The lowest BCUT2D eigenvalue weighted by Gasteiger charge is -2.28. The molecule has 0 bridgehead atoms. The highest BCUT2D eigenvalue weighted by Gasteiger charge is 2.25. The topological polar surface area (TPSA) is 0 Å². The highest BCUT2D eigenvalue weighted by atomic mass is 19.1. The first-order chi connectivity index (χ1) is 4.74. The van der Waals surface area contributed by atoms with Crippen LogP contribution in [0.4, 0.5) is 4.39 Å². The van der Waals surface area contributed by atoms with Gasteiger partial charge in [0.2, 0.25) is 0 Å². The maximum absolute atomic E-state index is 13.0. The molecule has 1 saturated carbocycles. The molecule has 0 N–H and O–H groups in total. The molecule has 1 aliphatic rings. The molecule has 1 rings (SSSR count). The quantitative estimate of drug-likeness (QED) is 0.490. The van der Waals surface area contributed by atoms with Crippen LogP contribution < -0.4 is 0 Å². The molecule has 1 aliphatic carbocycles. The minimum atomic E-state index is -0.595. The lowest BCUT2D eigenvalue weighted by Crippen LogP contribution is -2.23. The summed E-state index contributed by atoms with van der Waals surface area (Å²) in [6, 6.07) is 0. The van der Waals surface area contributed by atoms with Crippen LogP contribution in [0, 0.1) is 11.8 Å². The first kappa shape index (κ1) is 8.09. The molecule has 0 nitrogen and oxygen atoms in total. The van der Waals surface area contributed by atoms with Crippen molar-refractivity contribution in [2.75, 3.05) is 0 Å². The van der Waals surface area contributed by atoms with Gasteiger partial charge in [0.15, 0.2) is 0 Å². The number of hydrogen-bond donors (Lipinski definition) is 0. The third-order valence-corrected chi connectivity index (χ3v) is 2.54. The lowest BCUT2D eigenvalue weighted by atomic mass is 9.76. The monoisotopic (exact) mass is 140 g/mol. The molecule has 3 atom stereocenters. The highest BCUT2D eigenvalue weighted by Crippen LogP contribution is 2.32. The van der Waals surface area contributed by atoms with Gasteiger partial charge in [0, 0.05) is 0 Å². The number of halogens is 1. The summed E-state index contributed by atoms with van der Waals surface area (Å²) in [5, 5.41) is 0. The molecule has 2 unspecified atom stereocenters. The Morgan fingerprint density at radius 1 is 1.50 bits per heavy atom. The zero-order valence-corrected chi connectivity index (χ0v) is 6.52. The first-order valence-corrected chi connectivity index (χ1v) is 4.08. The van der Waals surface area contributed by atoms with Gasteiger partial charge in [0.25, 0.3) is 0 Å². The zero-order chi connectivity index (χ0) is 7.56. The van der Waals surface area contributed by atoms with Crippen molar-refractivity contribution in [3.63, 3.8) is 0 Å². The summed E-state index contributed by atoms with van der Waals surface area (Å²) in [7, 11) is 5.44. The van der Waals surface area contributed by atoms with Crippen LogP contribution in [0.5, 0.6) is 0 Å². The van der Waals surface area contributed by atoms with Gasteiger partial charge < -0.3 is 0 Å². The Kier molecular flexibility index (Phi) is 2.76. The summed E-state index contributed by atoms with van der Waals surface area (Å²) in [6.45, 7) is 1.98. The van der Waals surface area contributed by atoms with E-state index in [9.17, 15) is 4.39 Å². The van der Waals surface area contributed by atoms with Crippen molar-refractivity contribution in [1.29, 1.82) is 0 Å². The Labute approximate surface area is 63.6 Å². The van der Waals surface area contributed by atoms with Gasteiger partial charge in [-0.05, 0) is 24.7 Å². The summed E-state index contributed by atoms with van der Waals surface area (Å²) in [4.78, 5) is 0. The second-order valence-corrected chi connectivity index (χ2v) is 3.41. The molecular weight excluding hydrogens is 126 g/mol. The van der Waals surface area contributed by atoms with Gasteiger partial charge in [0.1, 0.15) is 6.17 Å². The van der Waals surface area contributed by atoms with Crippen molar-refractivity contribution in [1.82, 2.24) is 0 Å². The summed E-state index contributed by atoms with van der Waals surface area (Å²) in [5.41, 5.74) is 0. The fourth-order valence-electron chi connectivity index (χ4n) is 1.56. The fraction of sp³-hybridized carbons (Fsp3) is 1.00. The van der Waals surface area contributed by atoms with Gasteiger partial charge in [-0.3, -0.25) is 0 Å². The Morgan fingerprint density at radius 2 is 2.20 bits per heavy atom. The van der Waals surface area contributed by atoms with Crippen molar-refractivity contribution in [3.8, 4) is 0 Å². The van der Waals surface area contributed by atoms with Gasteiger partial charge in [-0.2, -0.15) is 0 Å². The molecule has 0 amide bonds. The predicted octanol–water partition coefficient (Wildman–Crippen LogP) is 2.35. The number of rotatable bonds is 1. The molecule has 1 fully saturated rings. The first-order valence-electron chi connectivity index (χ1n) is 4.08. The van der Waals surface area contributed by atoms with E-state index in [2.05, 4.69) is 0 Å². The zero-order valence-electron chi connectivity index (χ0n) is 6.52. The predicted molar refractivity (Wildman–Crippen MR) is 42.0 cm³/mol. The van der Waals surface area contributed by atoms with Crippen LogP contribution in [0.1, 0.15) is 26.2 Å². The summed E-state index contributed by atoms with van der Waals surface area (Å²) in [5.74, 6) is 0.717. The second kappa shape index (κ2) is 3.40. The van der Waals surface area contributed by atoms with Crippen LogP contribution in [-0.2, 0) is 0 Å². The summed E-state index contributed by atoms with van der Waals surface area (Å²) < 4.78 is 13.0. The van der Waals surface area contributed by atoms with E-state index in [4.69, 9.17) is 7.85 Å². The third kappa shape index (κ3) is 1.74. The molecule has 0 aromatic heterocycles. The van der Waals surface area contributed by atoms with Crippen LogP contribution >= 0.6 is 0 Å². The van der Waals surface area contributed by atoms with E-state index in [-0.39, 0.29) is 5.92 Å². The van der Waals surface area contributed by atoms with Crippen molar-refractivity contribution < 1.29 is 4.39 Å². The van der Waals surface area contributed by atoms with Crippen molar-refractivity contribution in [3.05, 3.63) is 0 Å². The van der Waals surface area contributed by atoms with Crippen LogP contribution in [0.2, 0.25) is 6.32 Å². The highest BCUT2D eigenvalue weighted by molar-refractivity contribution is 6.08. The normalized spacial score (nSPS) is 41.6. The maximum Gasteiger partial charge on any atom is 0.103 e.